The molecule has 6 unspecified atom stereocenters. The zero-order valence-electron chi connectivity index (χ0n) is 26.1. The minimum atomic E-state index is -1.42. The van der Waals surface area contributed by atoms with Crippen LogP contribution in [-0.4, -0.2) is 83.0 Å². The number of hydrogen-bond donors (Lipinski definition) is 1. The lowest BCUT2D eigenvalue weighted by atomic mass is 9.56. The van der Waals surface area contributed by atoms with Crippen molar-refractivity contribution in [3.63, 3.8) is 0 Å². The Hall–Kier alpha value is -3.49. The van der Waals surface area contributed by atoms with Gasteiger partial charge < -0.3 is 29.0 Å². The number of hydrogen-bond acceptors (Lipinski definition) is 11. The largest absolute Gasteiger partial charge is 0.458 e. The van der Waals surface area contributed by atoms with E-state index in [-0.39, 0.29) is 19.3 Å². The second-order valence-corrected chi connectivity index (χ2v) is 12.6. The molecule has 1 N–H and O–H groups in total. The summed E-state index contributed by atoms with van der Waals surface area (Å²) >= 11 is 0. The lowest BCUT2D eigenvalue weighted by Crippen LogP contribution is -2.71. The van der Waals surface area contributed by atoms with E-state index in [1.807, 2.05) is 30.3 Å². The molecule has 0 aromatic heterocycles. The first-order chi connectivity index (χ1) is 20.8. The highest BCUT2D eigenvalue weighted by Crippen LogP contribution is 2.56. The van der Waals surface area contributed by atoms with Crippen LogP contribution in [0.1, 0.15) is 84.6 Å². The fraction of sp³-hybridized carbons (Fsp3) is 0.667. The summed E-state index contributed by atoms with van der Waals surface area (Å²) < 4.78 is 23.3. The molecule has 0 amide bonds. The Morgan fingerprint density at radius 1 is 0.909 bits per heavy atom. The highest BCUT2D eigenvalue weighted by molar-refractivity contribution is 5.69. The SMILES string of the molecule is CC(=O)OC1CC2(OC(C)=O)CCCC(CC(O)CN3CCC(C#N)(c4ccccc4)CC3)C2(OC(C)=O)CC1OC(C)=O. The molecule has 1 heterocycles. The fourth-order valence-corrected chi connectivity index (χ4v) is 7.90. The van der Waals surface area contributed by atoms with Gasteiger partial charge in [-0.1, -0.05) is 30.3 Å². The molecular weight excluding hydrogens is 568 g/mol. The predicted octanol–water partition coefficient (Wildman–Crippen LogP) is 3.36. The van der Waals surface area contributed by atoms with Crippen molar-refractivity contribution in [1.82, 2.24) is 4.90 Å². The highest BCUT2D eigenvalue weighted by atomic mass is 16.6. The van der Waals surface area contributed by atoms with Crippen LogP contribution in [0.15, 0.2) is 30.3 Å². The third kappa shape index (κ3) is 7.08. The van der Waals surface area contributed by atoms with Crippen molar-refractivity contribution in [2.45, 2.75) is 114 Å². The number of nitriles is 1. The molecule has 1 aliphatic heterocycles. The molecule has 2 saturated carbocycles. The summed E-state index contributed by atoms with van der Waals surface area (Å²) in [5.41, 5.74) is -2.34. The first-order valence-corrected chi connectivity index (χ1v) is 15.4. The molecule has 240 valence electrons. The van der Waals surface area contributed by atoms with Crippen LogP contribution in [0.2, 0.25) is 0 Å². The zero-order chi connectivity index (χ0) is 32.1. The van der Waals surface area contributed by atoms with Gasteiger partial charge in [-0.15, -0.1) is 0 Å². The zero-order valence-corrected chi connectivity index (χ0v) is 26.1. The van der Waals surface area contributed by atoms with Gasteiger partial charge in [0.2, 0.25) is 0 Å². The van der Waals surface area contributed by atoms with Gasteiger partial charge in [0.25, 0.3) is 0 Å². The lowest BCUT2D eigenvalue weighted by molar-refractivity contribution is -0.281. The summed E-state index contributed by atoms with van der Waals surface area (Å²) in [6, 6.07) is 12.3. The number of aliphatic hydroxyl groups excluding tert-OH is 1. The summed E-state index contributed by atoms with van der Waals surface area (Å²) in [6.45, 7) is 6.67. The summed E-state index contributed by atoms with van der Waals surface area (Å²) in [4.78, 5) is 51.5. The number of likely N-dealkylation sites (tertiary alicyclic amines) is 1. The molecule has 11 heteroatoms. The molecule has 0 spiro atoms. The topological polar surface area (TPSA) is 152 Å². The number of piperidine rings is 1. The van der Waals surface area contributed by atoms with Gasteiger partial charge in [0.15, 0.2) is 11.2 Å². The van der Waals surface area contributed by atoms with E-state index in [1.54, 1.807) is 0 Å². The number of benzene rings is 1. The standard InChI is InChI=1S/C33H44N2O9/c1-22(36)41-29-18-32(43-24(3)38)12-8-11-27(33(32,44-25(4)39)19-30(29)42-23(2)37)17-28(40)20-35-15-13-31(21-34,14-16-35)26-9-6-5-7-10-26/h5-7,9-10,27-30,40H,8,11-20H2,1-4H3. The van der Waals surface area contributed by atoms with Gasteiger partial charge in [-0.3, -0.25) is 19.2 Å². The van der Waals surface area contributed by atoms with Gasteiger partial charge in [-0.25, -0.2) is 0 Å². The van der Waals surface area contributed by atoms with E-state index in [9.17, 15) is 29.5 Å². The van der Waals surface area contributed by atoms with E-state index < -0.39 is 64.7 Å². The molecule has 11 nitrogen and oxygen atoms in total. The Balaban J connectivity index is 1.58. The fourth-order valence-electron chi connectivity index (χ4n) is 7.90. The number of fused-ring (bicyclic) bond motifs is 1. The van der Waals surface area contributed by atoms with Gasteiger partial charge in [-0.2, -0.15) is 5.26 Å². The number of esters is 4. The summed E-state index contributed by atoms with van der Waals surface area (Å²) in [6.07, 6.45) is 0.290. The van der Waals surface area contributed by atoms with Crippen molar-refractivity contribution in [2.24, 2.45) is 5.92 Å². The average Bonchev–Trinajstić information content (AvgIpc) is 2.94. The van der Waals surface area contributed by atoms with Gasteiger partial charge in [0.05, 0.1) is 17.6 Å². The molecule has 6 atom stereocenters. The molecule has 3 fully saturated rings. The number of nitrogens with zero attached hydrogens (tertiary/aromatic N) is 2. The Morgan fingerprint density at radius 3 is 2.05 bits per heavy atom. The normalized spacial score (nSPS) is 30.5. The number of carbonyl (C=O) groups is 4. The molecular formula is C33H44N2O9. The smallest absolute Gasteiger partial charge is 0.303 e. The van der Waals surface area contributed by atoms with Crippen LogP contribution in [0.25, 0.3) is 0 Å². The maximum atomic E-state index is 12.7. The number of carbonyl (C=O) groups excluding carboxylic acids is 4. The molecule has 3 aliphatic rings. The van der Waals surface area contributed by atoms with Gasteiger partial charge in [0, 0.05) is 66.1 Å². The minimum Gasteiger partial charge on any atom is -0.458 e. The number of aliphatic hydroxyl groups is 1. The van der Waals surface area contributed by atoms with E-state index in [4.69, 9.17) is 18.9 Å². The van der Waals surface area contributed by atoms with E-state index in [2.05, 4.69) is 11.0 Å². The minimum absolute atomic E-state index is 0.0220. The van der Waals surface area contributed by atoms with Crippen LogP contribution in [0, 0.1) is 17.2 Å². The summed E-state index contributed by atoms with van der Waals surface area (Å²) in [5.74, 6) is -2.80. The van der Waals surface area contributed by atoms with Crippen LogP contribution in [0.5, 0.6) is 0 Å². The number of β-amino-alcohol motifs (C(OH)–C–C–N with tert-alkyl or cyclic N) is 1. The van der Waals surface area contributed by atoms with E-state index >= 15 is 0 Å². The van der Waals surface area contributed by atoms with Crippen LogP contribution in [0.3, 0.4) is 0 Å². The van der Waals surface area contributed by atoms with Gasteiger partial charge in [0.1, 0.15) is 12.2 Å². The van der Waals surface area contributed by atoms with Crippen molar-refractivity contribution >= 4 is 23.9 Å². The van der Waals surface area contributed by atoms with Crippen LogP contribution < -0.4 is 0 Å². The maximum Gasteiger partial charge on any atom is 0.303 e. The highest BCUT2D eigenvalue weighted by Gasteiger charge is 2.68. The first-order valence-electron chi connectivity index (χ1n) is 15.4. The Morgan fingerprint density at radius 2 is 1.50 bits per heavy atom. The molecule has 0 radical (unpaired) electrons. The molecule has 1 saturated heterocycles. The van der Waals surface area contributed by atoms with Crippen molar-refractivity contribution in [2.75, 3.05) is 19.6 Å². The van der Waals surface area contributed by atoms with Crippen molar-refractivity contribution in [3.05, 3.63) is 35.9 Å². The van der Waals surface area contributed by atoms with Gasteiger partial charge in [-0.05, 0) is 44.1 Å². The average molecular weight is 613 g/mol. The molecule has 4 rings (SSSR count). The molecule has 2 aliphatic carbocycles. The monoisotopic (exact) mass is 612 g/mol. The van der Waals surface area contributed by atoms with E-state index in [0.717, 1.165) is 5.56 Å². The number of ether oxygens (including phenoxy) is 4. The van der Waals surface area contributed by atoms with Crippen molar-refractivity contribution in [1.29, 1.82) is 5.26 Å². The van der Waals surface area contributed by atoms with Crippen LogP contribution in [-0.2, 0) is 43.5 Å². The first kappa shape index (κ1) is 33.4. The Kier molecular flexibility index (Phi) is 10.4. The van der Waals surface area contributed by atoms with Crippen molar-refractivity contribution in [3.8, 4) is 6.07 Å². The molecule has 1 aromatic carbocycles. The number of rotatable bonds is 9. The quantitative estimate of drug-likeness (QED) is 0.323. The Labute approximate surface area is 258 Å². The molecule has 44 heavy (non-hydrogen) atoms. The molecule has 1 aromatic rings. The Bertz CT molecular complexity index is 1260. The van der Waals surface area contributed by atoms with Crippen molar-refractivity contribution < 1.29 is 43.2 Å². The summed E-state index contributed by atoms with van der Waals surface area (Å²) in [7, 11) is 0. The van der Waals surface area contributed by atoms with E-state index in [1.165, 1.54) is 27.7 Å². The second-order valence-electron chi connectivity index (χ2n) is 12.6. The maximum absolute atomic E-state index is 12.7. The predicted molar refractivity (Wildman–Crippen MR) is 157 cm³/mol. The lowest BCUT2D eigenvalue weighted by Gasteiger charge is -2.60. The van der Waals surface area contributed by atoms with Crippen LogP contribution in [0.4, 0.5) is 0 Å². The summed E-state index contributed by atoms with van der Waals surface area (Å²) in [5, 5.41) is 21.5. The van der Waals surface area contributed by atoms with E-state index in [0.29, 0.717) is 51.7 Å². The molecule has 0 bridgehead atoms. The third-order valence-electron chi connectivity index (χ3n) is 9.59. The third-order valence-corrected chi connectivity index (χ3v) is 9.59. The second kappa shape index (κ2) is 13.7. The van der Waals surface area contributed by atoms with Gasteiger partial charge >= 0.3 is 23.9 Å². The van der Waals surface area contributed by atoms with Crippen LogP contribution >= 0.6 is 0 Å².